The van der Waals surface area contributed by atoms with Crippen LogP contribution in [0.5, 0.6) is 5.75 Å². The van der Waals surface area contributed by atoms with Gasteiger partial charge in [-0.25, -0.2) is 14.1 Å². The maximum absolute atomic E-state index is 14.0. The van der Waals surface area contributed by atoms with Crippen LogP contribution in [0.4, 0.5) is 4.39 Å². The second-order valence-corrected chi connectivity index (χ2v) is 13.1. The number of ether oxygens (including phenoxy) is 1. The van der Waals surface area contributed by atoms with E-state index in [1.807, 2.05) is 35.1 Å². The van der Waals surface area contributed by atoms with Crippen molar-refractivity contribution in [3.05, 3.63) is 81.3 Å². The van der Waals surface area contributed by atoms with E-state index in [1.165, 1.54) is 31.0 Å². The molecule has 1 fully saturated rings. The van der Waals surface area contributed by atoms with Gasteiger partial charge in [0.2, 0.25) is 12.8 Å². The standard InChI is InChI=1S/C28H33FN4O5S2/c1-20-25(26(34)31-40(36,37)32(2)3)30-24(39-20)18-33(17-7-10-21-8-5-4-6-9-21)27(35)28(15-16-28)22-11-13-23(14-12-22)38-19-29/h4-6,8-9,11-14H,7,10,15-19H2,1-3H3,(H,31,34). The fourth-order valence-corrected chi connectivity index (χ4v) is 5.97. The monoisotopic (exact) mass is 588 g/mol. The predicted octanol–water partition coefficient (Wildman–Crippen LogP) is 3.99. The number of thiazole rings is 1. The molecule has 4 rings (SSSR count). The Morgan fingerprint density at radius 2 is 1.77 bits per heavy atom. The van der Waals surface area contributed by atoms with Gasteiger partial charge in [-0.15, -0.1) is 11.3 Å². The summed E-state index contributed by atoms with van der Waals surface area (Å²) in [4.78, 5) is 33.5. The van der Waals surface area contributed by atoms with E-state index >= 15 is 0 Å². The number of aromatic nitrogens is 1. The molecule has 40 heavy (non-hydrogen) atoms. The highest BCUT2D eigenvalue weighted by Crippen LogP contribution is 2.50. The first kappa shape index (κ1) is 29.6. The molecule has 9 nitrogen and oxygen atoms in total. The summed E-state index contributed by atoms with van der Waals surface area (Å²) in [6.45, 7) is 1.45. The summed E-state index contributed by atoms with van der Waals surface area (Å²) in [5.41, 5.74) is 1.37. The van der Waals surface area contributed by atoms with Gasteiger partial charge in [0.1, 0.15) is 16.5 Å². The lowest BCUT2D eigenvalue weighted by molar-refractivity contribution is -0.134. The molecule has 1 aromatic heterocycles. The highest BCUT2D eigenvalue weighted by atomic mass is 32.2. The zero-order valence-electron chi connectivity index (χ0n) is 22.7. The minimum atomic E-state index is -3.97. The molecule has 12 heteroatoms. The van der Waals surface area contributed by atoms with Crippen LogP contribution >= 0.6 is 11.3 Å². The average Bonchev–Trinajstić information content (AvgIpc) is 3.65. The molecule has 0 radical (unpaired) electrons. The van der Waals surface area contributed by atoms with Gasteiger partial charge in [-0.1, -0.05) is 42.5 Å². The number of carbonyl (C=O) groups excluding carboxylic acids is 2. The number of benzene rings is 2. The van der Waals surface area contributed by atoms with Gasteiger partial charge in [-0.2, -0.15) is 12.7 Å². The van der Waals surface area contributed by atoms with Crippen LogP contribution in [0.3, 0.4) is 0 Å². The first-order valence-corrected chi connectivity index (χ1v) is 15.1. The Bertz CT molecular complexity index is 1440. The highest BCUT2D eigenvalue weighted by molar-refractivity contribution is 7.87. The number of carbonyl (C=O) groups is 2. The summed E-state index contributed by atoms with van der Waals surface area (Å²) in [7, 11) is -1.33. The molecule has 0 atom stereocenters. The van der Waals surface area contributed by atoms with Crippen molar-refractivity contribution in [1.82, 2.24) is 18.9 Å². The lowest BCUT2D eigenvalue weighted by Crippen LogP contribution is -2.40. The Labute approximate surface area is 238 Å². The zero-order valence-corrected chi connectivity index (χ0v) is 24.4. The molecule has 0 unspecified atom stereocenters. The second-order valence-electron chi connectivity index (χ2n) is 9.91. The molecular weight excluding hydrogens is 555 g/mol. The number of aryl methyl sites for hydroxylation is 2. The molecule has 0 aliphatic heterocycles. The summed E-state index contributed by atoms with van der Waals surface area (Å²) >= 11 is 1.26. The van der Waals surface area contributed by atoms with Gasteiger partial charge in [0.05, 0.1) is 12.0 Å². The number of alkyl halides is 1. The molecule has 1 N–H and O–H groups in total. The number of hydrogen-bond donors (Lipinski definition) is 1. The third kappa shape index (κ3) is 6.86. The van der Waals surface area contributed by atoms with Crippen molar-refractivity contribution in [3.63, 3.8) is 0 Å². The van der Waals surface area contributed by atoms with E-state index in [0.29, 0.717) is 35.0 Å². The van der Waals surface area contributed by atoms with E-state index in [2.05, 4.69) is 4.98 Å². The molecular formula is C28H33FN4O5S2. The normalized spacial score (nSPS) is 14.1. The van der Waals surface area contributed by atoms with Gasteiger partial charge in [0.25, 0.3) is 5.91 Å². The Morgan fingerprint density at radius 1 is 1.10 bits per heavy atom. The zero-order chi connectivity index (χ0) is 28.9. The Kier molecular flexibility index (Phi) is 9.22. The van der Waals surface area contributed by atoms with Crippen LogP contribution in [0.15, 0.2) is 54.6 Å². The van der Waals surface area contributed by atoms with Crippen LogP contribution in [0.1, 0.15) is 50.8 Å². The predicted molar refractivity (Wildman–Crippen MR) is 151 cm³/mol. The van der Waals surface area contributed by atoms with Crippen LogP contribution in [-0.2, 0) is 33.4 Å². The lowest BCUT2D eigenvalue weighted by Gasteiger charge is -2.27. The van der Waals surface area contributed by atoms with Crippen molar-refractivity contribution in [2.24, 2.45) is 0 Å². The fraction of sp³-hybridized carbons (Fsp3) is 0.393. The molecule has 0 bridgehead atoms. The molecule has 3 aromatic rings. The van der Waals surface area contributed by atoms with Crippen LogP contribution < -0.4 is 9.46 Å². The minimum absolute atomic E-state index is 0.0201. The number of amides is 2. The molecule has 1 saturated carbocycles. The number of nitrogens with zero attached hydrogens (tertiary/aromatic N) is 3. The first-order valence-electron chi connectivity index (χ1n) is 12.9. The summed E-state index contributed by atoms with van der Waals surface area (Å²) < 4.78 is 44.7. The van der Waals surface area contributed by atoms with E-state index in [1.54, 1.807) is 36.1 Å². The number of rotatable bonds is 13. The summed E-state index contributed by atoms with van der Waals surface area (Å²) in [5.74, 6) is -0.451. The SMILES string of the molecule is Cc1sc(CN(CCCc2ccccc2)C(=O)C2(c3ccc(OCF)cc3)CC2)nc1C(=O)NS(=O)(=O)N(C)C. The third-order valence-electron chi connectivity index (χ3n) is 6.90. The minimum Gasteiger partial charge on any atom is -0.463 e. The van der Waals surface area contributed by atoms with Gasteiger partial charge in [0.15, 0.2) is 0 Å². The van der Waals surface area contributed by atoms with Crippen molar-refractivity contribution in [2.45, 2.75) is 44.6 Å². The molecule has 0 saturated heterocycles. The number of hydrogen-bond acceptors (Lipinski definition) is 7. The van der Waals surface area contributed by atoms with Crippen molar-refractivity contribution in [3.8, 4) is 5.75 Å². The summed E-state index contributed by atoms with van der Waals surface area (Å²) in [6, 6.07) is 17.0. The smallest absolute Gasteiger partial charge is 0.303 e. The first-order chi connectivity index (χ1) is 19.1. The van der Waals surface area contributed by atoms with Crippen LogP contribution in [0.25, 0.3) is 0 Å². The Balaban J connectivity index is 1.55. The van der Waals surface area contributed by atoms with Gasteiger partial charge in [0, 0.05) is 25.5 Å². The largest absolute Gasteiger partial charge is 0.463 e. The summed E-state index contributed by atoms with van der Waals surface area (Å²) in [5, 5.41) is 0.542. The third-order valence-corrected chi connectivity index (χ3v) is 9.26. The quantitative estimate of drug-likeness (QED) is 0.324. The second kappa shape index (κ2) is 12.4. The molecule has 0 spiro atoms. The van der Waals surface area contributed by atoms with Crippen molar-refractivity contribution in [1.29, 1.82) is 0 Å². The van der Waals surface area contributed by atoms with E-state index in [-0.39, 0.29) is 18.1 Å². The van der Waals surface area contributed by atoms with Gasteiger partial charge in [-0.05, 0) is 55.9 Å². The maximum Gasteiger partial charge on any atom is 0.303 e. The van der Waals surface area contributed by atoms with E-state index < -0.39 is 28.4 Å². The molecule has 1 heterocycles. The Hall–Kier alpha value is -3.35. The molecule has 2 aromatic carbocycles. The van der Waals surface area contributed by atoms with E-state index in [4.69, 9.17) is 4.74 Å². The number of halogens is 1. The van der Waals surface area contributed by atoms with Crippen molar-refractivity contribution < 1.29 is 27.1 Å². The Morgan fingerprint density at radius 3 is 2.38 bits per heavy atom. The molecule has 2 amide bonds. The number of nitrogens with one attached hydrogen (secondary N) is 1. The average molecular weight is 589 g/mol. The van der Waals surface area contributed by atoms with Gasteiger partial charge >= 0.3 is 10.2 Å². The van der Waals surface area contributed by atoms with Crippen molar-refractivity contribution in [2.75, 3.05) is 27.5 Å². The van der Waals surface area contributed by atoms with E-state index in [9.17, 15) is 22.4 Å². The maximum atomic E-state index is 14.0. The lowest BCUT2D eigenvalue weighted by atomic mass is 9.94. The molecule has 1 aliphatic carbocycles. The molecule has 1 aliphatic rings. The van der Waals surface area contributed by atoms with Crippen molar-refractivity contribution >= 4 is 33.4 Å². The fourth-order valence-electron chi connectivity index (χ4n) is 4.51. The van der Waals surface area contributed by atoms with Crippen LogP contribution in [0.2, 0.25) is 0 Å². The van der Waals surface area contributed by atoms with Gasteiger partial charge < -0.3 is 9.64 Å². The van der Waals surface area contributed by atoms with Gasteiger partial charge in [-0.3, -0.25) is 9.59 Å². The van der Waals surface area contributed by atoms with Crippen LogP contribution in [-0.4, -0.2) is 61.9 Å². The summed E-state index contributed by atoms with van der Waals surface area (Å²) in [6.07, 6.45) is 2.91. The van der Waals surface area contributed by atoms with Crippen LogP contribution in [0, 0.1) is 6.92 Å². The molecule has 214 valence electrons. The highest BCUT2D eigenvalue weighted by Gasteiger charge is 2.53. The van der Waals surface area contributed by atoms with E-state index in [0.717, 1.165) is 22.7 Å². The topological polar surface area (TPSA) is 109 Å².